The fourth-order valence-corrected chi connectivity index (χ4v) is 3.73. The van der Waals surface area contributed by atoms with Gasteiger partial charge in [-0.1, -0.05) is 24.3 Å². The summed E-state index contributed by atoms with van der Waals surface area (Å²) in [6.45, 7) is 4.00. The number of aryl methyl sites for hydroxylation is 2. The summed E-state index contributed by atoms with van der Waals surface area (Å²) in [5.41, 5.74) is 8.62. The van der Waals surface area contributed by atoms with E-state index in [4.69, 9.17) is 15.5 Å². The fourth-order valence-electron chi connectivity index (χ4n) is 2.85. The van der Waals surface area contributed by atoms with E-state index in [2.05, 4.69) is 27.2 Å². The van der Waals surface area contributed by atoms with Crippen molar-refractivity contribution in [3.05, 3.63) is 71.3 Å². The van der Waals surface area contributed by atoms with Crippen LogP contribution in [0.15, 0.2) is 55.0 Å². The second-order valence-electron chi connectivity index (χ2n) is 6.69. The van der Waals surface area contributed by atoms with E-state index in [1.54, 1.807) is 30.6 Å². The zero-order chi connectivity index (χ0) is 21.8. The summed E-state index contributed by atoms with van der Waals surface area (Å²) in [5, 5.41) is 4.75. The van der Waals surface area contributed by atoms with Gasteiger partial charge in [0.25, 0.3) is 0 Å². The molecule has 156 valence electrons. The molecule has 0 saturated carbocycles. The first-order valence-electron chi connectivity index (χ1n) is 9.61. The fraction of sp³-hybridized carbons (Fsp3) is 0.136. The number of hydrogen-bond acceptors (Lipinski definition) is 8. The number of thiazole rings is 1. The van der Waals surface area contributed by atoms with Crippen LogP contribution in [0.2, 0.25) is 0 Å². The number of nitrogens with zero attached hydrogens (tertiary/aromatic N) is 4. The molecular weight excluding hydrogens is 412 g/mol. The number of primary amides is 1. The van der Waals surface area contributed by atoms with E-state index in [0.29, 0.717) is 27.9 Å². The van der Waals surface area contributed by atoms with Crippen LogP contribution in [0.4, 0.5) is 11.5 Å². The number of nitrogens with two attached hydrogens (primary N) is 1. The van der Waals surface area contributed by atoms with Gasteiger partial charge in [0.1, 0.15) is 17.3 Å². The van der Waals surface area contributed by atoms with Crippen LogP contribution < -0.4 is 15.8 Å². The molecule has 0 aliphatic rings. The molecule has 0 bridgehead atoms. The Hall–Kier alpha value is -3.85. The third kappa shape index (κ3) is 4.84. The molecule has 4 aromatic rings. The Morgan fingerprint density at radius 1 is 1.19 bits per heavy atom. The van der Waals surface area contributed by atoms with Crippen LogP contribution in [0.1, 0.15) is 28.0 Å². The summed E-state index contributed by atoms with van der Waals surface area (Å²) in [6.07, 6.45) is 5.44. The molecule has 0 unspecified atom stereocenters. The van der Waals surface area contributed by atoms with Crippen molar-refractivity contribution in [2.45, 2.75) is 20.3 Å². The summed E-state index contributed by atoms with van der Waals surface area (Å²) in [4.78, 5) is 29.0. The van der Waals surface area contributed by atoms with Crippen LogP contribution >= 0.6 is 11.3 Å². The van der Waals surface area contributed by atoms with Crippen molar-refractivity contribution in [3.8, 4) is 22.2 Å². The highest BCUT2D eigenvalue weighted by Crippen LogP contribution is 2.38. The van der Waals surface area contributed by atoms with Crippen LogP contribution in [0.3, 0.4) is 0 Å². The van der Waals surface area contributed by atoms with Crippen molar-refractivity contribution in [2.75, 3.05) is 5.32 Å². The van der Waals surface area contributed by atoms with E-state index >= 15 is 0 Å². The van der Waals surface area contributed by atoms with Crippen molar-refractivity contribution in [1.29, 1.82) is 0 Å². The molecule has 31 heavy (non-hydrogen) atoms. The van der Waals surface area contributed by atoms with E-state index in [-0.39, 0.29) is 0 Å². The number of ether oxygens (including phenoxy) is 1. The van der Waals surface area contributed by atoms with Gasteiger partial charge in [-0.15, -0.1) is 0 Å². The number of anilines is 2. The van der Waals surface area contributed by atoms with E-state index < -0.39 is 5.91 Å². The largest absolute Gasteiger partial charge is 0.444 e. The van der Waals surface area contributed by atoms with Crippen LogP contribution in [0.25, 0.3) is 11.4 Å². The van der Waals surface area contributed by atoms with E-state index in [9.17, 15) is 4.79 Å². The predicted molar refractivity (Wildman–Crippen MR) is 120 cm³/mol. The van der Waals surface area contributed by atoms with Gasteiger partial charge in [0.05, 0.1) is 28.1 Å². The minimum Gasteiger partial charge on any atom is -0.444 e. The monoisotopic (exact) mass is 432 g/mol. The average molecular weight is 433 g/mol. The Morgan fingerprint density at radius 3 is 2.84 bits per heavy atom. The molecule has 9 heteroatoms. The number of hydrogen-bond donors (Lipinski definition) is 2. The Kier molecular flexibility index (Phi) is 5.85. The minimum absolute atomic E-state index is 0.310. The van der Waals surface area contributed by atoms with Crippen LogP contribution in [-0.2, 0) is 6.42 Å². The first-order valence-corrected chi connectivity index (χ1v) is 10.4. The lowest BCUT2D eigenvalue weighted by atomic mass is 10.2. The topological polar surface area (TPSA) is 116 Å². The summed E-state index contributed by atoms with van der Waals surface area (Å²) < 4.78 is 6.17. The standard InChI is InChI=1S/C22H20N6O2S/c1-3-19-28-20(17-6-4-5-13(2)26-17)22(31-19)30-16-7-8-25-18(10-16)27-15-9-14(21(23)29)11-24-12-15/h4-12H,3H2,1-2H3,(H2,23,29)(H,25,27). The van der Waals surface area contributed by atoms with Crippen LogP contribution in [0, 0.1) is 6.92 Å². The van der Waals surface area contributed by atoms with Gasteiger partial charge in [-0.25, -0.2) is 9.97 Å². The molecule has 4 heterocycles. The maximum absolute atomic E-state index is 11.4. The number of pyridine rings is 3. The van der Waals surface area contributed by atoms with E-state index in [1.165, 1.54) is 17.5 Å². The van der Waals surface area contributed by atoms with Crippen molar-refractivity contribution in [1.82, 2.24) is 19.9 Å². The van der Waals surface area contributed by atoms with Crippen molar-refractivity contribution in [3.63, 3.8) is 0 Å². The summed E-state index contributed by atoms with van der Waals surface area (Å²) in [5.74, 6) is 0.587. The van der Waals surface area contributed by atoms with Crippen molar-refractivity contribution < 1.29 is 9.53 Å². The molecule has 4 aromatic heterocycles. The maximum Gasteiger partial charge on any atom is 0.250 e. The Morgan fingerprint density at radius 2 is 2.06 bits per heavy atom. The minimum atomic E-state index is -0.546. The Labute approximate surface area is 183 Å². The maximum atomic E-state index is 11.4. The summed E-state index contributed by atoms with van der Waals surface area (Å²) >= 11 is 1.49. The average Bonchev–Trinajstić information content (AvgIpc) is 3.17. The van der Waals surface area contributed by atoms with Gasteiger partial charge in [0.15, 0.2) is 0 Å². The number of rotatable bonds is 7. The molecule has 0 aliphatic heterocycles. The molecule has 0 aromatic carbocycles. The molecule has 1 amide bonds. The first-order chi connectivity index (χ1) is 15.0. The van der Waals surface area contributed by atoms with Gasteiger partial charge in [0.2, 0.25) is 11.0 Å². The third-order valence-electron chi connectivity index (χ3n) is 4.31. The molecular formula is C22H20N6O2S. The third-order valence-corrected chi connectivity index (χ3v) is 5.39. The normalized spacial score (nSPS) is 10.6. The Bertz CT molecular complexity index is 1240. The number of amides is 1. The molecule has 0 saturated heterocycles. The number of aromatic nitrogens is 4. The summed E-state index contributed by atoms with van der Waals surface area (Å²) in [6, 6.07) is 11.0. The van der Waals surface area contributed by atoms with Gasteiger partial charge in [0, 0.05) is 24.2 Å². The highest BCUT2D eigenvalue weighted by Gasteiger charge is 2.16. The van der Waals surface area contributed by atoms with Gasteiger partial charge < -0.3 is 15.8 Å². The van der Waals surface area contributed by atoms with Gasteiger partial charge in [-0.05, 0) is 37.6 Å². The van der Waals surface area contributed by atoms with E-state index in [1.807, 2.05) is 25.1 Å². The van der Waals surface area contributed by atoms with Gasteiger partial charge in [-0.2, -0.15) is 0 Å². The summed E-state index contributed by atoms with van der Waals surface area (Å²) in [7, 11) is 0. The first kappa shape index (κ1) is 20.4. The van der Waals surface area contributed by atoms with E-state index in [0.717, 1.165) is 28.5 Å². The molecule has 0 atom stereocenters. The predicted octanol–water partition coefficient (Wildman–Crippen LogP) is 4.50. The molecule has 4 rings (SSSR count). The molecule has 0 fully saturated rings. The van der Waals surface area contributed by atoms with Gasteiger partial charge in [-0.3, -0.25) is 14.8 Å². The zero-order valence-electron chi connectivity index (χ0n) is 17.0. The van der Waals surface area contributed by atoms with Crippen molar-refractivity contribution in [2.24, 2.45) is 5.73 Å². The molecule has 3 N–H and O–H groups in total. The van der Waals surface area contributed by atoms with Gasteiger partial charge >= 0.3 is 0 Å². The highest BCUT2D eigenvalue weighted by molar-refractivity contribution is 7.14. The highest BCUT2D eigenvalue weighted by atomic mass is 32.1. The zero-order valence-corrected chi connectivity index (χ0v) is 17.8. The SMILES string of the molecule is CCc1nc(-c2cccc(C)n2)c(Oc2ccnc(Nc3cncc(C(N)=O)c3)c2)s1. The quantitative estimate of drug-likeness (QED) is 0.442. The lowest BCUT2D eigenvalue weighted by Gasteiger charge is -2.09. The second-order valence-corrected chi connectivity index (χ2v) is 7.74. The molecule has 8 nitrogen and oxygen atoms in total. The van der Waals surface area contributed by atoms with Crippen molar-refractivity contribution >= 4 is 28.7 Å². The lowest BCUT2D eigenvalue weighted by Crippen LogP contribution is -2.11. The number of nitrogens with one attached hydrogen (secondary N) is 1. The smallest absolute Gasteiger partial charge is 0.250 e. The lowest BCUT2D eigenvalue weighted by molar-refractivity contribution is 0.1000. The number of carbonyl (C=O) groups is 1. The number of carbonyl (C=O) groups excluding carboxylic acids is 1. The molecule has 0 aliphatic carbocycles. The van der Waals surface area contributed by atoms with Crippen LogP contribution in [-0.4, -0.2) is 25.8 Å². The molecule has 0 spiro atoms. The molecule has 0 radical (unpaired) electrons. The van der Waals surface area contributed by atoms with Crippen LogP contribution in [0.5, 0.6) is 10.8 Å². The Balaban J connectivity index is 1.60. The second kappa shape index (κ2) is 8.88.